The monoisotopic (exact) mass is 573 g/mol. The van der Waals surface area contributed by atoms with E-state index in [0.717, 1.165) is 18.4 Å². The molecule has 0 aliphatic rings. The van der Waals surface area contributed by atoms with Gasteiger partial charge >= 0.3 is 5.97 Å². The Morgan fingerprint density at radius 3 is 1.37 bits per heavy atom. The minimum atomic E-state index is -0.746. The van der Waals surface area contributed by atoms with Crippen molar-refractivity contribution in [3.63, 3.8) is 0 Å². The Morgan fingerprint density at radius 1 is 0.707 bits per heavy atom. The first kappa shape index (κ1) is 39.4. The van der Waals surface area contributed by atoms with Gasteiger partial charge in [0.2, 0.25) is 0 Å². The van der Waals surface area contributed by atoms with Gasteiger partial charge in [0, 0.05) is 13.0 Å². The van der Waals surface area contributed by atoms with Gasteiger partial charge in [-0.1, -0.05) is 163 Å². The fourth-order valence-electron chi connectivity index (χ4n) is 5.49. The number of hydrogen-bond acceptors (Lipinski definition) is 2. The third kappa shape index (κ3) is 20.0. The van der Waals surface area contributed by atoms with E-state index in [-0.39, 0.29) is 17.3 Å². The van der Waals surface area contributed by atoms with Gasteiger partial charge in [-0.25, -0.2) is 0 Å². The van der Waals surface area contributed by atoms with Gasteiger partial charge in [-0.15, -0.1) is 6.58 Å². The Kier molecular flexibility index (Phi) is 22.0. The van der Waals surface area contributed by atoms with Gasteiger partial charge in [0.05, 0.1) is 0 Å². The van der Waals surface area contributed by atoms with Crippen LogP contribution in [0.15, 0.2) is 24.8 Å². The number of benzene rings is 1. The van der Waals surface area contributed by atoms with Crippen LogP contribution in [0.2, 0.25) is 0 Å². The first-order valence-electron chi connectivity index (χ1n) is 17.0. The van der Waals surface area contributed by atoms with Gasteiger partial charge in [0.1, 0.15) is 0 Å². The quantitative estimate of drug-likeness (QED) is 0.114. The summed E-state index contributed by atoms with van der Waals surface area (Å²) >= 11 is 0. The van der Waals surface area contributed by atoms with E-state index in [1.165, 1.54) is 113 Å². The normalized spacial score (nSPS) is 11.7. The highest BCUT2D eigenvalue weighted by Gasteiger charge is 2.25. The molecule has 0 heterocycles. The number of carboxylic acid groups (broad SMARTS) is 1. The van der Waals surface area contributed by atoms with Gasteiger partial charge in [0.25, 0.3) is 0 Å². The Morgan fingerprint density at radius 2 is 1.07 bits per heavy atom. The lowest BCUT2D eigenvalue weighted by atomic mass is 9.74. The molecule has 1 rings (SSSR count). The van der Waals surface area contributed by atoms with E-state index < -0.39 is 5.97 Å². The minimum Gasteiger partial charge on any atom is -0.481 e. The first-order chi connectivity index (χ1) is 19.4. The fraction of sp³-hybridized carbons (Fsp3) is 0.763. The average molecular weight is 573 g/mol. The predicted molar refractivity (Wildman–Crippen MR) is 180 cm³/mol. The number of rotatable bonds is 21. The van der Waals surface area contributed by atoms with Gasteiger partial charge in [-0.05, 0) is 52.3 Å². The lowest BCUT2D eigenvalue weighted by Crippen LogP contribution is -2.22. The van der Waals surface area contributed by atoms with Crippen LogP contribution >= 0.6 is 0 Å². The molecule has 1 aromatic rings. The lowest BCUT2D eigenvalue weighted by Gasteiger charge is -2.31. The van der Waals surface area contributed by atoms with E-state index in [9.17, 15) is 4.79 Å². The largest absolute Gasteiger partial charge is 0.481 e. The molecule has 41 heavy (non-hydrogen) atoms. The van der Waals surface area contributed by atoms with Crippen molar-refractivity contribution in [2.45, 2.75) is 181 Å². The van der Waals surface area contributed by atoms with Crippen LogP contribution in [0.5, 0.6) is 0 Å². The molecule has 0 spiro atoms. The Labute approximate surface area is 255 Å². The van der Waals surface area contributed by atoms with Crippen LogP contribution in [0.25, 0.3) is 0 Å². The maximum Gasteiger partial charge on any atom is 0.303 e. The van der Waals surface area contributed by atoms with Crippen LogP contribution < -0.4 is 0 Å². The topological polar surface area (TPSA) is 57.5 Å². The lowest BCUT2D eigenvalue weighted by molar-refractivity contribution is -0.136. The molecule has 0 amide bonds. The van der Waals surface area contributed by atoms with Gasteiger partial charge in [-0.2, -0.15) is 0 Å². The van der Waals surface area contributed by atoms with Crippen LogP contribution in [0.4, 0.5) is 0 Å². The molecule has 0 radical (unpaired) electrons. The Bertz CT molecular complexity index is 759. The second kappa shape index (κ2) is 22.9. The zero-order valence-corrected chi connectivity index (χ0v) is 28.4. The van der Waals surface area contributed by atoms with Crippen LogP contribution in [0, 0.1) is 0 Å². The predicted octanol–water partition coefficient (Wildman–Crippen LogP) is 11.3. The maximum absolute atomic E-state index is 10.9. The summed E-state index contributed by atoms with van der Waals surface area (Å²) in [6.45, 7) is 19.8. The van der Waals surface area contributed by atoms with Crippen molar-refractivity contribution in [1.29, 1.82) is 0 Å². The van der Waals surface area contributed by atoms with Crippen molar-refractivity contribution in [2.24, 2.45) is 0 Å². The summed E-state index contributed by atoms with van der Waals surface area (Å²) in [5.41, 5.74) is 5.12. The molecule has 0 aromatic heterocycles. The maximum atomic E-state index is 10.9. The molecule has 0 aliphatic heterocycles. The molecule has 0 saturated heterocycles. The number of allylic oxidation sites excluding steroid dienone is 1. The van der Waals surface area contributed by atoms with Crippen molar-refractivity contribution in [3.8, 4) is 0 Å². The van der Waals surface area contributed by atoms with Crippen LogP contribution in [0.1, 0.15) is 180 Å². The van der Waals surface area contributed by atoms with Crippen LogP contribution in [-0.2, 0) is 28.5 Å². The smallest absolute Gasteiger partial charge is 0.303 e. The third-order valence-corrected chi connectivity index (χ3v) is 7.91. The summed E-state index contributed by atoms with van der Waals surface area (Å²) in [6.07, 6.45) is 25.7. The molecule has 0 saturated carbocycles. The molecule has 238 valence electrons. The third-order valence-electron chi connectivity index (χ3n) is 7.91. The highest BCUT2D eigenvalue weighted by molar-refractivity contribution is 5.67. The van der Waals surface area contributed by atoms with Crippen molar-refractivity contribution in [1.82, 2.24) is 0 Å². The molecule has 0 aliphatic carbocycles. The van der Waals surface area contributed by atoms with Crippen molar-refractivity contribution >= 4 is 5.97 Å². The standard InChI is InChI=1S/C20H30O2.C18H38O/c1-8-9-15-16(19(2,3)4)12-14(10-11-18(21)22)13-17(15)20(5,6)7;1-2-3-4-5-6-7-8-9-10-11-12-13-14-15-16-17-18-19/h8,12-13H,1,9-11H2,2-7H3,(H,21,22);19H,2-18H2,1H3. The van der Waals surface area contributed by atoms with Crippen LogP contribution in [-0.4, -0.2) is 22.8 Å². The molecule has 0 atom stereocenters. The van der Waals surface area contributed by atoms with Crippen molar-refractivity contribution in [3.05, 3.63) is 47.0 Å². The zero-order chi connectivity index (χ0) is 31.2. The first-order valence-corrected chi connectivity index (χ1v) is 17.0. The van der Waals surface area contributed by atoms with E-state index in [2.05, 4.69) is 67.2 Å². The summed E-state index contributed by atoms with van der Waals surface area (Å²) < 4.78 is 0. The molecule has 1 aromatic carbocycles. The van der Waals surface area contributed by atoms with Gasteiger partial charge in [0.15, 0.2) is 0 Å². The van der Waals surface area contributed by atoms with Crippen molar-refractivity contribution in [2.75, 3.05) is 6.61 Å². The number of aliphatic hydroxyl groups is 1. The highest BCUT2D eigenvalue weighted by Crippen LogP contribution is 2.36. The zero-order valence-electron chi connectivity index (χ0n) is 28.4. The molecular weight excluding hydrogens is 504 g/mol. The Hall–Kier alpha value is -1.61. The summed E-state index contributed by atoms with van der Waals surface area (Å²) in [5, 5.41) is 17.6. The van der Waals surface area contributed by atoms with E-state index in [0.29, 0.717) is 13.0 Å². The molecular formula is C38H68O3. The summed E-state index contributed by atoms with van der Waals surface area (Å²) in [7, 11) is 0. The molecule has 3 heteroatoms. The van der Waals surface area contributed by atoms with Crippen LogP contribution in [0.3, 0.4) is 0 Å². The van der Waals surface area contributed by atoms with Gasteiger partial charge < -0.3 is 10.2 Å². The molecule has 2 N–H and O–H groups in total. The van der Waals surface area contributed by atoms with Crippen molar-refractivity contribution < 1.29 is 15.0 Å². The van der Waals surface area contributed by atoms with E-state index in [1.54, 1.807) is 0 Å². The summed E-state index contributed by atoms with van der Waals surface area (Å²) in [4.78, 5) is 10.9. The number of unbranched alkanes of at least 4 members (excludes halogenated alkanes) is 15. The second-order valence-corrected chi connectivity index (χ2v) is 14.1. The number of aryl methyl sites for hydroxylation is 1. The average Bonchev–Trinajstić information content (AvgIpc) is 2.89. The number of aliphatic hydroxyl groups excluding tert-OH is 1. The summed E-state index contributed by atoms with van der Waals surface area (Å²) in [5.74, 6) is -0.746. The molecule has 0 fully saturated rings. The summed E-state index contributed by atoms with van der Waals surface area (Å²) in [6, 6.07) is 4.38. The number of aliphatic carboxylic acids is 1. The van der Waals surface area contributed by atoms with E-state index >= 15 is 0 Å². The molecule has 3 nitrogen and oxygen atoms in total. The van der Waals surface area contributed by atoms with E-state index in [1.807, 2.05) is 6.08 Å². The number of carbonyl (C=O) groups is 1. The second-order valence-electron chi connectivity index (χ2n) is 14.1. The molecule has 0 bridgehead atoms. The number of hydrogen-bond donors (Lipinski definition) is 2. The highest BCUT2D eigenvalue weighted by atomic mass is 16.4. The minimum absolute atomic E-state index is 0.0254. The number of carboxylic acids is 1. The van der Waals surface area contributed by atoms with E-state index in [4.69, 9.17) is 10.2 Å². The fourth-order valence-corrected chi connectivity index (χ4v) is 5.49. The molecule has 0 unspecified atom stereocenters. The Balaban J connectivity index is 0.000000790. The van der Waals surface area contributed by atoms with Gasteiger partial charge in [-0.3, -0.25) is 4.79 Å². The SMILES string of the molecule is C=CCc1c(C(C)(C)C)cc(CCC(=O)O)cc1C(C)(C)C.CCCCCCCCCCCCCCCCCCO.